The molecular weight excluding hydrogens is 396 g/mol. The van der Waals surface area contributed by atoms with Crippen LogP contribution in [0.2, 0.25) is 0 Å². The number of amides is 2. The third-order valence-electron chi connectivity index (χ3n) is 4.88. The van der Waals surface area contributed by atoms with Crippen molar-refractivity contribution in [1.82, 2.24) is 4.90 Å². The Morgan fingerprint density at radius 3 is 2.58 bits per heavy atom. The van der Waals surface area contributed by atoms with Gasteiger partial charge in [0.05, 0.1) is 5.69 Å². The Morgan fingerprint density at radius 1 is 1.31 bits per heavy atom. The normalized spacial score (nSPS) is 19.1. The summed E-state index contributed by atoms with van der Waals surface area (Å²) < 4.78 is 6.58. The number of carbonyl (C=O) groups excluding carboxylic acids is 2. The van der Waals surface area contributed by atoms with Gasteiger partial charge >= 0.3 is 6.09 Å². The van der Waals surface area contributed by atoms with E-state index in [9.17, 15) is 9.59 Å². The summed E-state index contributed by atoms with van der Waals surface area (Å²) in [5.41, 5.74) is 2.33. The summed E-state index contributed by atoms with van der Waals surface area (Å²) in [4.78, 5) is 28.3. The van der Waals surface area contributed by atoms with Crippen molar-refractivity contribution in [2.75, 3.05) is 18.0 Å². The molecule has 2 amide bonds. The first-order valence-electron chi connectivity index (χ1n) is 9.09. The summed E-state index contributed by atoms with van der Waals surface area (Å²) in [6.45, 7) is 11.8. The Hall–Kier alpha value is -1.56. The number of ether oxygens (including phenoxy) is 1. The smallest absolute Gasteiger partial charge is 0.414 e. The molecule has 0 atom stereocenters. The van der Waals surface area contributed by atoms with Crippen LogP contribution in [0.25, 0.3) is 0 Å². The van der Waals surface area contributed by atoms with E-state index in [1.165, 1.54) is 0 Å². The predicted octanol–water partition coefficient (Wildman–Crippen LogP) is 4.60. The standard InChI is InChI=1S/C20H27BrN2O3/c1-19(2,3)26-18(25)23-12-20(4,5)14-10-15(21)13(9-16(14)23)11-22-8-6-7-17(22)24/h9-10H,6-8,11-12H2,1-5H3. The lowest BCUT2D eigenvalue weighted by Gasteiger charge is -2.26. The van der Waals surface area contributed by atoms with Gasteiger partial charge in [0.15, 0.2) is 0 Å². The van der Waals surface area contributed by atoms with Crippen LogP contribution < -0.4 is 4.90 Å². The molecule has 3 rings (SSSR count). The summed E-state index contributed by atoms with van der Waals surface area (Å²) in [5.74, 6) is 0.196. The van der Waals surface area contributed by atoms with Gasteiger partial charge in [0.1, 0.15) is 5.60 Å². The van der Waals surface area contributed by atoms with Crippen LogP contribution in [0, 0.1) is 0 Å². The van der Waals surface area contributed by atoms with Gasteiger partial charge in [-0.2, -0.15) is 0 Å². The highest BCUT2D eigenvalue weighted by Crippen LogP contribution is 2.44. The Kier molecular flexibility index (Phi) is 4.84. The lowest BCUT2D eigenvalue weighted by Crippen LogP contribution is -2.38. The third-order valence-corrected chi connectivity index (χ3v) is 5.62. The van der Waals surface area contributed by atoms with E-state index in [4.69, 9.17) is 4.74 Å². The zero-order valence-corrected chi connectivity index (χ0v) is 17.8. The van der Waals surface area contributed by atoms with Crippen LogP contribution in [-0.2, 0) is 21.5 Å². The molecule has 142 valence electrons. The highest BCUT2D eigenvalue weighted by atomic mass is 79.9. The summed E-state index contributed by atoms with van der Waals surface area (Å²) in [6.07, 6.45) is 1.22. The summed E-state index contributed by atoms with van der Waals surface area (Å²) in [5, 5.41) is 0. The van der Waals surface area contributed by atoms with Crippen LogP contribution in [0.15, 0.2) is 16.6 Å². The van der Waals surface area contributed by atoms with Gasteiger partial charge in [-0.1, -0.05) is 29.8 Å². The fraction of sp³-hybridized carbons (Fsp3) is 0.600. The maximum absolute atomic E-state index is 12.7. The molecule has 2 aliphatic rings. The van der Waals surface area contributed by atoms with Crippen LogP contribution >= 0.6 is 15.9 Å². The fourth-order valence-electron chi connectivity index (χ4n) is 3.61. The van der Waals surface area contributed by atoms with Gasteiger partial charge in [-0.05, 0) is 50.5 Å². The molecule has 6 heteroatoms. The first-order chi connectivity index (χ1) is 12.0. The Labute approximate surface area is 163 Å². The highest BCUT2D eigenvalue weighted by Gasteiger charge is 2.40. The van der Waals surface area contributed by atoms with Crippen molar-refractivity contribution in [3.8, 4) is 0 Å². The molecule has 1 saturated heterocycles. The van der Waals surface area contributed by atoms with Crippen molar-refractivity contribution < 1.29 is 14.3 Å². The number of fused-ring (bicyclic) bond motifs is 1. The van der Waals surface area contributed by atoms with Crippen molar-refractivity contribution in [1.29, 1.82) is 0 Å². The number of halogens is 1. The minimum absolute atomic E-state index is 0.156. The number of benzene rings is 1. The molecule has 26 heavy (non-hydrogen) atoms. The minimum atomic E-state index is -0.538. The second-order valence-corrected chi connectivity index (χ2v) is 9.68. The van der Waals surface area contributed by atoms with Crippen LogP contribution in [-0.4, -0.2) is 35.6 Å². The average molecular weight is 423 g/mol. The fourth-order valence-corrected chi connectivity index (χ4v) is 4.08. The molecule has 5 nitrogen and oxygen atoms in total. The van der Waals surface area contributed by atoms with Gasteiger partial charge in [-0.15, -0.1) is 0 Å². The summed E-state index contributed by atoms with van der Waals surface area (Å²) in [6, 6.07) is 4.12. The molecular formula is C20H27BrN2O3. The second-order valence-electron chi connectivity index (χ2n) is 8.83. The van der Waals surface area contributed by atoms with E-state index in [0.717, 1.165) is 34.3 Å². The first-order valence-corrected chi connectivity index (χ1v) is 9.88. The maximum atomic E-state index is 12.7. The number of hydrogen-bond donors (Lipinski definition) is 0. The van der Waals surface area contributed by atoms with E-state index in [2.05, 4.69) is 35.8 Å². The van der Waals surface area contributed by atoms with Gasteiger partial charge in [0, 0.05) is 35.9 Å². The monoisotopic (exact) mass is 422 g/mol. The number of nitrogens with zero attached hydrogens (tertiary/aromatic N) is 2. The number of rotatable bonds is 2. The van der Waals surface area contributed by atoms with Gasteiger partial charge in [0.25, 0.3) is 0 Å². The lowest BCUT2D eigenvalue weighted by atomic mass is 9.86. The molecule has 0 N–H and O–H groups in total. The van der Waals surface area contributed by atoms with E-state index in [1.54, 1.807) is 4.90 Å². The zero-order valence-electron chi connectivity index (χ0n) is 16.2. The third kappa shape index (κ3) is 3.75. The molecule has 1 fully saturated rings. The van der Waals surface area contributed by atoms with Crippen LogP contribution in [0.1, 0.15) is 58.6 Å². The maximum Gasteiger partial charge on any atom is 0.414 e. The topological polar surface area (TPSA) is 49.9 Å². The SMILES string of the molecule is CC(C)(C)OC(=O)N1CC(C)(C)c2cc(Br)c(CN3CCCC3=O)cc21. The van der Waals surface area contributed by atoms with Crippen molar-refractivity contribution >= 4 is 33.6 Å². The van der Waals surface area contributed by atoms with Gasteiger partial charge in [-0.3, -0.25) is 9.69 Å². The van der Waals surface area contributed by atoms with E-state index in [0.29, 0.717) is 19.5 Å². The number of carbonyl (C=O) groups is 2. The lowest BCUT2D eigenvalue weighted by molar-refractivity contribution is -0.128. The minimum Gasteiger partial charge on any atom is -0.443 e. The molecule has 1 aromatic carbocycles. The Morgan fingerprint density at radius 2 is 2.00 bits per heavy atom. The van der Waals surface area contributed by atoms with Crippen molar-refractivity contribution in [3.63, 3.8) is 0 Å². The second kappa shape index (κ2) is 6.55. The average Bonchev–Trinajstić information content (AvgIpc) is 3.00. The van der Waals surface area contributed by atoms with Gasteiger partial charge in [-0.25, -0.2) is 4.79 Å². The molecule has 0 spiro atoms. The Bertz CT molecular complexity index is 752. The van der Waals surface area contributed by atoms with E-state index >= 15 is 0 Å². The quantitative estimate of drug-likeness (QED) is 0.699. The van der Waals surface area contributed by atoms with Crippen LogP contribution in [0.5, 0.6) is 0 Å². The predicted molar refractivity (Wildman–Crippen MR) is 105 cm³/mol. The van der Waals surface area contributed by atoms with Crippen LogP contribution in [0.3, 0.4) is 0 Å². The molecule has 0 bridgehead atoms. The summed E-state index contributed by atoms with van der Waals surface area (Å²) in [7, 11) is 0. The highest BCUT2D eigenvalue weighted by molar-refractivity contribution is 9.10. The molecule has 2 heterocycles. The van der Waals surface area contributed by atoms with E-state index in [1.807, 2.05) is 31.7 Å². The Balaban J connectivity index is 1.94. The molecule has 2 aliphatic heterocycles. The first kappa shape index (κ1) is 19.2. The molecule has 0 radical (unpaired) electrons. The van der Waals surface area contributed by atoms with E-state index in [-0.39, 0.29) is 17.4 Å². The largest absolute Gasteiger partial charge is 0.443 e. The molecule has 0 aliphatic carbocycles. The van der Waals surface area contributed by atoms with Gasteiger partial charge < -0.3 is 9.64 Å². The number of hydrogen-bond acceptors (Lipinski definition) is 3. The van der Waals surface area contributed by atoms with Crippen molar-refractivity contribution in [3.05, 3.63) is 27.7 Å². The van der Waals surface area contributed by atoms with E-state index < -0.39 is 5.60 Å². The number of anilines is 1. The molecule has 1 aromatic rings. The molecule has 0 aromatic heterocycles. The van der Waals surface area contributed by atoms with Crippen molar-refractivity contribution in [2.45, 2.75) is 65.0 Å². The van der Waals surface area contributed by atoms with Crippen molar-refractivity contribution in [2.24, 2.45) is 0 Å². The molecule has 0 saturated carbocycles. The van der Waals surface area contributed by atoms with Gasteiger partial charge in [0.2, 0.25) is 5.91 Å². The number of likely N-dealkylation sites (tertiary alicyclic amines) is 1. The molecule has 0 unspecified atom stereocenters. The van der Waals surface area contributed by atoms with Crippen LogP contribution in [0.4, 0.5) is 10.5 Å². The zero-order chi connectivity index (χ0) is 19.3. The summed E-state index contributed by atoms with van der Waals surface area (Å²) >= 11 is 3.66.